The molecule has 0 amide bonds. The number of non-ortho nitro benzene ring substituents is 1. The molecule has 0 saturated carbocycles. The highest BCUT2D eigenvalue weighted by Gasteiger charge is 2.17. The largest absolute Gasteiger partial charge is 0.470 e. The van der Waals surface area contributed by atoms with Crippen LogP contribution in [0.1, 0.15) is 13.8 Å². The van der Waals surface area contributed by atoms with Crippen molar-refractivity contribution in [1.29, 1.82) is 0 Å². The van der Waals surface area contributed by atoms with Crippen molar-refractivity contribution in [2.45, 2.75) is 32.9 Å². The summed E-state index contributed by atoms with van der Waals surface area (Å²) in [6, 6.07) is 6.07. The number of nitrogens with zero attached hydrogens (tertiary/aromatic N) is 1. The Morgan fingerprint density at radius 3 is 2.40 bits per heavy atom. The Balaban J connectivity index is 2.65. The first kappa shape index (κ1) is 16.6. The molecule has 1 aromatic rings. The molecular weight excluding hydrogens is 290 g/mol. The van der Waals surface area contributed by atoms with E-state index in [0.29, 0.717) is 5.75 Å². The quantitative estimate of drug-likeness (QED) is 0.336. The molecule has 1 aromatic carbocycles. The van der Waals surface area contributed by atoms with Crippen LogP contribution in [0.15, 0.2) is 35.5 Å². The zero-order valence-corrected chi connectivity index (χ0v) is 14.0. The first-order chi connectivity index (χ1) is 9.40. The molecule has 107 valence electrons. The first-order valence-electron chi connectivity index (χ1n) is 6.16. The number of hydrogen-bond donors (Lipinski definition) is 0. The summed E-state index contributed by atoms with van der Waals surface area (Å²) in [5.74, 6) is 0.323. The van der Waals surface area contributed by atoms with Gasteiger partial charge in [-0.1, -0.05) is 24.4 Å². The lowest BCUT2D eigenvalue weighted by molar-refractivity contribution is -0.384. The van der Waals surface area contributed by atoms with Gasteiger partial charge in [-0.2, -0.15) is 0 Å². The van der Waals surface area contributed by atoms with Crippen LogP contribution in [-0.2, 0) is 4.43 Å². The van der Waals surface area contributed by atoms with Crippen molar-refractivity contribution in [3.63, 3.8) is 0 Å². The van der Waals surface area contributed by atoms with Crippen molar-refractivity contribution < 1.29 is 14.1 Å². The van der Waals surface area contributed by atoms with Crippen LogP contribution in [0.2, 0.25) is 13.1 Å². The number of nitro benzene ring substituents is 1. The summed E-state index contributed by atoms with van der Waals surface area (Å²) >= 11 is 0. The van der Waals surface area contributed by atoms with Gasteiger partial charge in [0.05, 0.1) is 4.92 Å². The highest BCUT2D eigenvalue weighted by molar-refractivity contribution is 6.57. The predicted octanol–water partition coefficient (Wildman–Crippen LogP) is 3.15. The summed E-state index contributed by atoms with van der Waals surface area (Å²) in [4.78, 5) is 10.2. The lowest BCUT2D eigenvalue weighted by Gasteiger charge is -2.21. The molecule has 0 heterocycles. The van der Waals surface area contributed by atoms with Crippen LogP contribution in [-0.4, -0.2) is 29.4 Å². The summed E-state index contributed by atoms with van der Waals surface area (Å²) in [7, 11) is -0.534. The van der Waals surface area contributed by atoms with E-state index in [2.05, 4.69) is 13.1 Å². The molecule has 3 radical (unpaired) electrons. The zero-order valence-electron chi connectivity index (χ0n) is 12.0. The maximum Gasteiger partial charge on any atom is 0.269 e. The minimum absolute atomic E-state index is 0.0553. The van der Waals surface area contributed by atoms with Gasteiger partial charge in [0.15, 0.2) is 5.91 Å². The molecule has 0 bridgehead atoms. The Hall–Kier alpha value is -1.45. The Kier molecular flexibility index (Phi) is 6.63. The fourth-order valence-electron chi connectivity index (χ4n) is 1.24. The topological polar surface area (TPSA) is 61.6 Å². The number of allylic oxidation sites excluding steroid dienone is 1. The smallest absolute Gasteiger partial charge is 0.269 e. The third-order valence-corrected chi connectivity index (χ3v) is 4.74. The van der Waals surface area contributed by atoms with Gasteiger partial charge in [-0.15, -0.1) is 0 Å². The molecule has 1 unspecified atom stereocenters. The lowest BCUT2D eigenvalue weighted by Crippen LogP contribution is -2.34. The van der Waals surface area contributed by atoms with E-state index in [1.165, 1.54) is 17.7 Å². The standard InChI is InChI=1S/C13H18NO4Si2/c1-10(2)9-19-18-13(20(3)4)17-12-7-5-11(6-8-12)14(15)16/h5-9,13H,1-4H3. The van der Waals surface area contributed by atoms with Crippen LogP contribution in [0.25, 0.3) is 0 Å². The van der Waals surface area contributed by atoms with Crippen molar-refractivity contribution in [2.75, 3.05) is 0 Å². The Morgan fingerprint density at radius 1 is 1.35 bits per heavy atom. The monoisotopic (exact) mass is 308 g/mol. The Labute approximate surface area is 123 Å². The van der Waals surface area contributed by atoms with Crippen LogP contribution >= 0.6 is 0 Å². The Bertz CT molecular complexity index is 470. The third kappa shape index (κ3) is 5.68. The van der Waals surface area contributed by atoms with Crippen molar-refractivity contribution in [1.82, 2.24) is 0 Å². The lowest BCUT2D eigenvalue weighted by atomic mass is 10.3. The van der Waals surface area contributed by atoms with Crippen LogP contribution < -0.4 is 4.74 Å². The molecule has 1 atom stereocenters. The van der Waals surface area contributed by atoms with Crippen molar-refractivity contribution in [2.24, 2.45) is 0 Å². The van der Waals surface area contributed by atoms with E-state index in [0.717, 1.165) is 0 Å². The highest BCUT2D eigenvalue weighted by Crippen LogP contribution is 2.19. The average molecular weight is 308 g/mol. The van der Waals surface area contributed by atoms with Gasteiger partial charge in [-0.25, -0.2) is 0 Å². The first-order valence-corrected chi connectivity index (χ1v) is 9.72. The highest BCUT2D eigenvalue weighted by atomic mass is 28.3. The van der Waals surface area contributed by atoms with Gasteiger partial charge < -0.3 is 9.16 Å². The van der Waals surface area contributed by atoms with E-state index < -0.39 is 13.7 Å². The molecule has 0 aromatic heterocycles. The number of benzene rings is 1. The van der Waals surface area contributed by atoms with Gasteiger partial charge in [-0.05, 0) is 26.0 Å². The van der Waals surface area contributed by atoms with Gasteiger partial charge in [0.1, 0.15) is 14.5 Å². The van der Waals surface area contributed by atoms with Gasteiger partial charge in [0, 0.05) is 12.1 Å². The van der Waals surface area contributed by atoms with E-state index in [1.807, 2.05) is 19.5 Å². The normalized spacial score (nSPS) is 12.1. The number of ether oxygens (including phenoxy) is 1. The summed E-state index contributed by atoms with van der Waals surface area (Å²) < 4.78 is 11.5. The second-order valence-electron chi connectivity index (χ2n) is 4.74. The third-order valence-electron chi connectivity index (χ3n) is 2.28. The minimum atomic E-state index is -0.795. The SMILES string of the molecule is CC(C)=C[Si]OC(Oc1ccc([N+](=O)[O-])cc1)[Si](C)C. The van der Waals surface area contributed by atoms with E-state index >= 15 is 0 Å². The predicted molar refractivity (Wildman–Crippen MR) is 81.3 cm³/mol. The Morgan fingerprint density at radius 2 is 1.95 bits per heavy atom. The molecule has 5 nitrogen and oxygen atoms in total. The molecule has 0 fully saturated rings. The molecule has 0 aliphatic carbocycles. The van der Waals surface area contributed by atoms with Crippen LogP contribution in [0.3, 0.4) is 0 Å². The molecule has 20 heavy (non-hydrogen) atoms. The molecule has 1 rings (SSSR count). The molecule has 7 heteroatoms. The van der Waals surface area contributed by atoms with Gasteiger partial charge in [0.2, 0.25) is 0 Å². The van der Waals surface area contributed by atoms with Crippen LogP contribution in [0, 0.1) is 10.1 Å². The van der Waals surface area contributed by atoms with Crippen molar-refractivity contribution in [3.8, 4) is 5.75 Å². The summed E-state index contributed by atoms with van der Waals surface area (Å²) in [6.45, 7) is 8.25. The summed E-state index contributed by atoms with van der Waals surface area (Å²) in [5.41, 5.74) is 3.29. The minimum Gasteiger partial charge on any atom is -0.470 e. The summed E-state index contributed by atoms with van der Waals surface area (Å²) in [5, 5.41) is 10.6. The molecule has 0 aliphatic heterocycles. The van der Waals surface area contributed by atoms with E-state index in [-0.39, 0.29) is 21.4 Å². The molecule has 0 spiro atoms. The van der Waals surface area contributed by atoms with Crippen LogP contribution in [0.4, 0.5) is 5.69 Å². The molecule has 0 N–H and O–H groups in total. The van der Waals surface area contributed by atoms with Gasteiger partial charge in [0.25, 0.3) is 15.5 Å². The van der Waals surface area contributed by atoms with Gasteiger partial charge >= 0.3 is 0 Å². The van der Waals surface area contributed by atoms with Crippen LogP contribution in [0.5, 0.6) is 5.75 Å². The van der Waals surface area contributed by atoms with Crippen molar-refractivity contribution >= 4 is 24.2 Å². The second-order valence-corrected chi connectivity index (χ2v) is 8.12. The number of hydrogen-bond acceptors (Lipinski definition) is 4. The fraction of sp³-hybridized carbons (Fsp3) is 0.385. The van der Waals surface area contributed by atoms with Gasteiger partial charge in [-0.3, -0.25) is 10.1 Å². The van der Waals surface area contributed by atoms with E-state index in [1.54, 1.807) is 12.1 Å². The average Bonchev–Trinajstić information content (AvgIpc) is 2.37. The van der Waals surface area contributed by atoms with E-state index in [9.17, 15) is 10.1 Å². The molecule has 0 saturated heterocycles. The fourth-order valence-corrected chi connectivity index (χ4v) is 3.24. The van der Waals surface area contributed by atoms with Crippen molar-refractivity contribution in [3.05, 3.63) is 45.7 Å². The zero-order chi connectivity index (χ0) is 15.1. The van der Waals surface area contributed by atoms with E-state index in [4.69, 9.17) is 9.16 Å². The maximum absolute atomic E-state index is 10.6. The number of nitro groups is 1. The molecular formula is C13H18NO4Si2. The maximum atomic E-state index is 10.6. The second kappa shape index (κ2) is 7.98. The summed E-state index contributed by atoms with van der Waals surface area (Å²) in [6.07, 6.45) is 0. The molecule has 0 aliphatic rings. The number of rotatable bonds is 7.